The molecule has 0 aliphatic heterocycles. The van der Waals surface area contributed by atoms with Crippen molar-refractivity contribution in [3.8, 4) is 11.3 Å². The van der Waals surface area contributed by atoms with Crippen molar-refractivity contribution in [2.45, 2.75) is 20.0 Å². The second-order valence-electron chi connectivity index (χ2n) is 6.27. The van der Waals surface area contributed by atoms with E-state index in [1.807, 2.05) is 0 Å². The molecule has 0 unspecified atom stereocenters. The number of hydrogen-bond acceptors (Lipinski definition) is 6. The highest BCUT2D eigenvalue weighted by Crippen LogP contribution is 2.23. The molecule has 0 aromatic carbocycles. The molecule has 3 heterocycles. The Labute approximate surface area is 166 Å². The number of anilines is 2. The van der Waals surface area contributed by atoms with E-state index in [1.165, 1.54) is 4.90 Å². The maximum atomic E-state index is 12.1. The first-order chi connectivity index (χ1) is 13.4. The number of imidazole rings is 1. The highest BCUT2D eigenvalue weighted by molar-refractivity contribution is 6.29. The van der Waals surface area contributed by atoms with Gasteiger partial charge in [-0.3, -0.25) is 19.7 Å². The first-order valence-corrected chi connectivity index (χ1v) is 9.01. The number of pyridine rings is 1. The molecule has 0 fully saturated rings. The lowest BCUT2D eigenvalue weighted by atomic mass is 10.2. The van der Waals surface area contributed by atoms with E-state index in [-0.39, 0.29) is 17.9 Å². The lowest BCUT2D eigenvalue weighted by Crippen LogP contribution is -2.29. The van der Waals surface area contributed by atoms with Gasteiger partial charge in [0.05, 0.1) is 36.1 Å². The second-order valence-corrected chi connectivity index (χ2v) is 6.54. The minimum atomic E-state index is -0.466. The Morgan fingerprint density at radius 3 is 2.79 bits per heavy atom. The quantitative estimate of drug-likeness (QED) is 0.658. The van der Waals surface area contributed by atoms with E-state index in [1.54, 1.807) is 62.3 Å². The van der Waals surface area contributed by atoms with Gasteiger partial charge in [-0.2, -0.15) is 0 Å². The van der Waals surface area contributed by atoms with Gasteiger partial charge in [0.25, 0.3) is 0 Å². The topological polar surface area (TPSA) is 102 Å². The van der Waals surface area contributed by atoms with Crippen LogP contribution in [0, 0.1) is 0 Å². The number of aromatic nitrogens is 4. The summed E-state index contributed by atoms with van der Waals surface area (Å²) < 4.78 is 6.93. The van der Waals surface area contributed by atoms with Crippen LogP contribution in [-0.2, 0) is 9.53 Å². The monoisotopic (exact) mass is 402 g/mol. The third-order valence-corrected chi connectivity index (χ3v) is 3.99. The predicted molar refractivity (Wildman–Crippen MR) is 106 cm³/mol. The molecule has 146 valence electrons. The van der Waals surface area contributed by atoms with Crippen LogP contribution in [0.4, 0.5) is 16.3 Å². The number of rotatable bonds is 5. The number of hydrogen-bond donors (Lipinski definition) is 1. The number of carbonyl (C=O) groups is 2. The van der Waals surface area contributed by atoms with E-state index < -0.39 is 6.09 Å². The molecule has 28 heavy (non-hydrogen) atoms. The van der Waals surface area contributed by atoms with E-state index in [2.05, 4.69) is 20.3 Å². The average molecular weight is 403 g/mol. The van der Waals surface area contributed by atoms with Gasteiger partial charge in [0.15, 0.2) is 11.5 Å². The van der Waals surface area contributed by atoms with Crippen molar-refractivity contribution in [3.05, 3.63) is 37.1 Å². The number of halogens is 1. The number of nitrogens with zero attached hydrogens (tertiary/aromatic N) is 5. The molecule has 3 aromatic heterocycles. The van der Waals surface area contributed by atoms with Crippen LogP contribution in [0.15, 0.2) is 37.1 Å². The van der Waals surface area contributed by atoms with E-state index in [4.69, 9.17) is 16.3 Å². The molecule has 2 amide bonds. The lowest BCUT2D eigenvalue weighted by molar-refractivity contribution is -0.113. The number of carbonyl (C=O) groups excluding carboxylic acids is 2. The van der Waals surface area contributed by atoms with Gasteiger partial charge in [-0.15, -0.1) is 11.6 Å². The van der Waals surface area contributed by atoms with E-state index in [9.17, 15) is 9.59 Å². The van der Waals surface area contributed by atoms with Crippen LogP contribution in [0.5, 0.6) is 0 Å². The Kier molecular flexibility index (Phi) is 5.74. The van der Waals surface area contributed by atoms with Gasteiger partial charge in [-0.1, -0.05) is 0 Å². The van der Waals surface area contributed by atoms with E-state index >= 15 is 0 Å². The summed E-state index contributed by atoms with van der Waals surface area (Å²) in [7, 11) is 1.61. The standard InChI is InChI=1S/C18H19ClN6O3/c1-11(2)28-18(27)24(3)13-4-12(6-20-7-13)14-9-25-10-15(23-17(26)5-19)22-16(25)8-21-14/h4,6-11H,5H2,1-3H3,(H,23,26). The fraction of sp³-hybridized carbons (Fsp3) is 0.278. The molecule has 0 saturated heterocycles. The lowest BCUT2D eigenvalue weighted by Gasteiger charge is -2.18. The van der Waals surface area contributed by atoms with Gasteiger partial charge in [0.1, 0.15) is 5.88 Å². The van der Waals surface area contributed by atoms with Gasteiger partial charge >= 0.3 is 6.09 Å². The Balaban J connectivity index is 1.88. The van der Waals surface area contributed by atoms with Gasteiger partial charge < -0.3 is 14.5 Å². The highest BCUT2D eigenvalue weighted by Gasteiger charge is 2.15. The van der Waals surface area contributed by atoms with Crippen molar-refractivity contribution >= 4 is 40.8 Å². The number of alkyl halides is 1. The number of fused-ring (bicyclic) bond motifs is 1. The molecule has 10 heteroatoms. The summed E-state index contributed by atoms with van der Waals surface area (Å²) >= 11 is 5.49. The van der Waals surface area contributed by atoms with Crippen LogP contribution in [0.3, 0.4) is 0 Å². The van der Waals surface area contributed by atoms with E-state index in [0.29, 0.717) is 28.4 Å². The SMILES string of the molecule is CC(C)OC(=O)N(C)c1cncc(-c2cn3cc(NC(=O)CCl)nc3cn2)c1. The largest absolute Gasteiger partial charge is 0.446 e. The van der Waals surface area contributed by atoms with Crippen LogP contribution >= 0.6 is 11.6 Å². The van der Waals surface area contributed by atoms with Crippen LogP contribution in [0.1, 0.15) is 13.8 Å². The minimum Gasteiger partial charge on any atom is -0.446 e. The zero-order valence-electron chi connectivity index (χ0n) is 15.6. The zero-order valence-corrected chi connectivity index (χ0v) is 16.3. The molecule has 0 bridgehead atoms. The molecular weight excluding hydrogens is 384 g/mol. The maximum absolute atomic E-state index is 12.1. The van der Waals surface area contributed by atoms with Crippen molar-refractivity contribution in [3.63, 3.8) is 0 Å². The van der Waals surface area contributed by atoms with Gasteiger partial charge in [-0.05, 0) is 19.9 Å². The van der Waals surface area contributed by atoms with Crippen molar-refractivity contribution in [2.24, 2.45) is 0 Å². The normalized spacial score (nSPS) is 10.9. The van der Waals surface area contributed by atoms with Crippen molar-refractivity contribution in [2.75, 3.05) is 23.1 Å². The zero-order chi connectivity index (χ0) is 20.3. The fourth-order valence-electron chi connectivity index (χ4n) is 2.42. The summed E-state index contributed by atoms with van der Waals surface area (Å²) in [6.45, 7) is 3.57. The molecule has 0 saturated carbocycles. The molecule has 0 aliphatic rings. The average Bonchev–Trinajstić information content (AvgIpc) is 3.08. The Hall–Kier alpha value is -3.20. The molecule has 3 aromatic rings. The second kappa shape index (κ2) is 8.22. The van der Waals surface area contributed by atoms with Crippen LogP contribution in [-0.4, -0.2) is 50.4 Å². The molecule has 0 aliphatic carbocycles. The molecule has 9 nitrogen and oxygen atoms in total. The van der Waals surface area contributed by atoms with Crippen molar-refractivity contribution in [1.82, 2.24) is 19.4 Å². The first-order valence-electron chi connectivity index (χ1n) is 8.47. The third-order valence-electron chi connectivity index (χ3n) is 3.75. The number of ether oxygens (including phenoxy) is 1. The van der Waals surface area contributed by atoms with Crippen LogP contribution in [0.25, 0.3) is 16.9 Å². The summed E-state index contributed by atoms with van der Waals surface area (Å²) in [6.07, 6.45) is 7.53. The molecule has 0 spiro atoms. The number of amides is 2. The first kappa shape index (κ1) is 19.6. The van der Waals surface area contributed by atoms with Gasteiger partial charge in [0.2, 0.25) is 5.91 Å². The Morgan fingerprint density at radius 1 is 1.29 bits per heavy atom. The summed E-state index contributed by atoms with van der Waals surface area (Å²) in [6, 6.07) is 1.79. The number of nitrogens with one attached hydrogen (secondary N) is 1. The summed E-state index contributed by atoms with van der Waals surface area (Å²) in [4.78, 5) is 37.7. The smallest absolute Gasteiger partial charge is 0.414 e. The molecular formula is C18H19ClN6O3. The van der Waals surface area contributed by atoms with Crippen LogP contribution < -0.4 is 10.2 Å². The molecule has 0 atom stereocenters. The summed E-state index contributed by atoms with van der Waals surface area (Å²) in [5, 5.41) is 2.59. The molecule has 3 rings (SSSR count). The summed E-state index contributed by atoms with van der Waals surface area (Å²) in [5.74, 6) is -0.109. The Bertz CT molecular complexity index is 1020. The third kappa shape index (κ3) is 4.37. The van der Waals surface area contributed by atoms with Gasteiger partial charge in [0, 0.05) is 25.0 Å². The maximum Gasteiger partial charge on any atom is 0.414 e. The van der Waals surface area contributed by atoms with Gasteiger partial charge in [-0.25, -0.2) is 9.78 Å². The minimum absolute atomic E-state index is 0.150. The molecule has 1 N–H and O–H groups in total. The van der Waals surface area contributed by atoms with Crippen LogP contribution in [0.2, 0.25) is 0 Å². The predicted octanol–water partition coefficient (Wildman–Crippen LogP) is 2.95. The highest BCUT2D eigenvalue weighted by atomic mass is 35.5. The Morgan fingerprint density at radius 2 is 2.07 bits per heavy atom. The van der Waals surface area contributed by atoms with Crippen molar-refractivity contribution in [1.29, 1.82) is 0 Å². The fourth-order valence-corrected chi connectivity index (χ4v) is 2.49. The van der Waals surface area contributed by atoms with E-state index in [0.717, 1.165) is 0 Å². The van der Waals surface area contributed by atoms with Crippen molar-refractivity contribution < 1.29 is 14.3 Å². The summed E-state index contributed by atoms with van der Waals surface area (Å²) in [5.41, 5.74) is 2.48. The molecule has 0 radical (unpaired) electrons.